The Morgan fingerprint density at radius 1 is 1.12 bits per heavy atom. The summed E-state index contributed by atoms with van der Waals surface area (Å²) in [5.74, 6) is 0. The second-order valence-corrected chi connectivity index (χ2v) is 3.81. The van der Waals surface area contributed by atoms with E-state index in [9.17, 15) is 0 Å². The molecule has 0 aliphatic rings. The van der Waals surface area contributed by atoms with Gasteiger partial charge < -0.3 is 4.57 Å². The average molecular weight is 207 g/mol. The van der Waals surface area contributed by atoms with E-state index >= 15 is 0 Å². The number of benzene rings is 1. The predicted molar refractivity (Wildman–Crippen MR) is 65.0 cm³/mol. The molecule has 1 radical (unpaired) electrons. The van der Waals surface area contributed by atoms with Crippen LogP contribution in [-0.4, -0.2) is 9.55 Å². The van der Waals surface area contributed by atoms with Gasteiger partial charge in [-0.25, -0.2) is 4.98 Å². The minimum atomic E-state index is 0.964. The highest BCUT2D eigenvalue weighted by atomic mass is 14.9. The lowest BCUT2D eigenvalue weighted by atomic mass is 10.2. The molecule has 0 fully saturated rings. The molecule has 2 nitrogen and oxygen atoms in total. The molecule has 0 saturated carbocycles. The summed E-state index contributed by atoms with van der Waals surface area (Å²) < 4.78 is 2.06. The van der Waals surface area contributed by atoms with E-state index in [1.54, 1.807) is 0 Å². The number of rotatable bonds is 1. The predicted octanol–water partition coefficient (Wildman–Crippen LogP) is 3.04. The van der Waals surface area contributed by atoms with Crippen molar-refractivity contribution in [1.29, 1.82) is 0 Å². The van der Waals surface area contributed by atoms with Gasteiger partial charge in [-0.15, -0.1) is 0 Å². The lowest BCUT2D eigenvalue weighted by Crippen LogP contribution is -1.92. The summed E-state index contributed by atoms with van der Waals surface area (Å²) >= 11 is 0. The van der Waals surface area contributed by atoms with Crippen molar-refractivity contribution in [1.82, 2.24) is 9.55 Å². The third kappa shape index (κ3) is 1.39. The van der Waals surface area contributed by atoms with Gasteiger partial charge in [0.2, 0.25) is 0 Å². The van der Waals surface area contributed by atoms with Crippen molar-refractivity contribution >= 4 is 10.9 Å². The fourth-order valence-electron chi connectivity index (χ4n) is 1.86. The van der Waals surface area contributed by atoms with Crippen molar-refractivity contribution < 1.29 is 0 Å². The molecule has 0 amide bonds. The van der Waals surface area contributed by atoms with Gasteiger partial charge in [-0.3, -0.25) is 0 Å². The Morgan fingerprint density at radius 3 is 2.81 bits per heavy atom. The lowest BCUT2D eigenvalue weighted by Gasteiger charge is -2.03. The number of hydrogen-bond acceptors (Lipinski definition) is 1. The molecule has 2 aromatic heterocycles. The van der Waals surface area contributed by atoms with Crippen LogP contribution in [0, 0.1) is 6.07 Å². The van der Waals surface area contributed by atoms with Crippen LogP contribution in [0.2, 0.25) is 0 Å². The minimum absolute atomic E-state index is 0.964. The van der Waals surface area contributed by atoms with E-state index in [1.807, 2.05) is 49.6 Å². The van der Waals surface area contributed by atoms with Crippen molar-refractivity contribution in [3.63, 3.8) is 0 Å². The van der Waals surface area contributed by atoms with Gasteiger partial charge in [0.1, 0.15) is 0 Å². The number of pyridine rings is 1. The molecule has 0 atom stereocenters. The van der Waals surface area contributed by atoms with E-state index < -0.39 is 0 Å². The molecule has 2 heteroatoms. The first kappa shape index (κ1) is 9.16. The van der Waals surface area contributed by atoms with Crippen molar-refractivity contribution in [2.75, 3.05) is 0 Å². The molecule has 0 aliphatic heterocycles. The summed E-state index contributed by atoms with van der Waals surface area (Å²) in [5, 5.41) is 1.06. The van der Waals surface area contributed by atoms with Crippen LogP contribution in [0.25, 0.3) is 22.3 Å². The zero-order chi connectivity index (χ0) is 11.0. The highest BCUT2D eigenvalue weighted by molar-refractivity contribution is 5.80. The van der Waals surface area contributed by atoms with Crippen LogP contribution < -0.4 is 0 Å². The topological polar surface area (TPSA) is 17.8 Å². The fraction of sp³-hybridized carbons (Fsp3) is 0.0714. The second kappa shape index (κ2) is 3.49. The Balaban J connectivity index is 2.23. The maximum Gasteiger partial charge on any atom is 0.0880 e. The number of hydrogen-bond donors (Lipinski definition) is 0. The zero-order valence-electron chi connectivity index (χ0n) is 9.01. The molecular formula is C14H11N2. The minimum Gasteiger partial charge on any atom is -0.349 e. The molecule has 77 valence electrons. The van der Waals surface area contributed by atoms with Crippen molar-refractivity contribution in [2.45, 2.75) is 0 Å². The molecule has 1 aromatic carbocycles. The smallest absolute Gasteiger partial charge is 0.0880 e. The van der Waals surface area contributed by atoms with E-state index in [4.69, 9.17) is 0 Å². The van der Waals surface area contributed by atoms with E-state index in [0.29, 0.717) is 0 Å². The number of aromatic nitrogens is 2. The van der Waals surface area contributed by atoms with Crippen LogP contribution in [0.3, 0.4) is 0 Å². The molecule has 0 unspecified atom stereocenters. The first-order valence-corrected chi connectivity index (χ1v) is 5.24. The third-order valence-corrected chi connectivity index (χ3v) is 2.72. The molecular weight excluding hydrogens is 196 g/mol. The summed E-state index contributed by atoms with van der Waals surface area (Å²) in [6.45, 7) is 0. The Kier molecular flexibility index (Phi) is 2.00. The molecule has 2 heterocycles. The van der Waals surface area contributed by atoms with Gasteiger partial charge in [-0.2, -0.15) is 0 Å². The molecule has 3 aromatic rings. The van der Waals surface area contributed by atoms with Crippen LogP contribution in [0.5, 0.6) is 0 Å². The van der Waals surface area contributed by atoms with E-state index in [-0.39, 0.29) is 0 Å². The Labute approximate surface area is 94.2 Å². The summed E-state index contributed by atoms with van der Waals surface area (Å²) in [5.41, 5.74) is 3.06. The molecule has 16 heavy (non-hydrogen) atoms. The van der Waals surface area contributed by atoms with Gasteiger partial charge in [0.05, 0.1) is 16.9 Å². The Morgan fingerprint density at radius 2 is 2.00 bits per heavy atom. The fourth-order valence-corrected chi connectivity index (χ4v) is 1.86. The second-order valence-electron chi connectivity index (χ2n) is 3.81. The van der Waals surface area contributed by atoms with Gasteiger partial charge in [0.25, 0.3) is 0 Å². The number of para-hydroxylation sites is 1. The largest absolute Gasteiger partial charge is 0.349 e. The number of fused-ring (bicyclic) bond motifs is 1. The SMILES string of the molecule is Cn1cccc1-c1c[c]c2ccccc2n1. The van der Waals surface area contributed by atoms with E-state index in [0.717, 1.165) is 22.3 Å². The van der Waals surface area contributed by atoms with E-state index in [1.165, 1.54) is 0 Å². The molecule has 0 aliphatic carbocycles. The Hall–Kier alpha value is -2.09. The lowest BCUT2D eigenvalue weighted by molar-refractivity contribution is 0.932. The van der Waals surface area contributed by atoms with Gasteiger partial charge >= 0.3 is 0 Å². The monoisotopic (exact) mass is 207 g/mol. The van der Waals surface area contributed by atoms with Gasteiger partial charge in [0.15, 0.2) is 0 Å². The molecule has 0 N–H and O–H groups in total. The Bertz CT molecular complexity index is 638. The highest BCUT2D eigenvalue weighted by Gasteiger charge is 2.03. The summed E-state index contributed by atoms with van der Waals surface area (Å²) in [6.07, 6.45) is 2.02. The quantitative estimate of drug-likeness (QED) is 0.599. The number of aryl methyl sites for hydroxylation is 1. The molecule has 0 saturated heterocycles. The van der Waals surface area contributed by atoms with Gasteiger partial charge in [-0.1, -0.05) is 18.2 Å². The summed E-state index contributed by atoms with van der Waals surface area (Å²) in [7, 11) is 2.02. The summed E-state index contributed by atoms with van der Waals surface area (Å²) in [6, 6.07) is 17.3. The highest BCUT2D eigenvalue weighted by Crippen LogP contribution is 2.20. The van der Waals surface area contributed by atoms with Crippen molar-refractivity contribution in [3.8, 4) is 11.4 Å². The normalized spacial score (nSPS) is 10.8. The maximum atomic E-state index is 4.63. The maximum absolute atomic E-state index is 4.63. The van der Waals surface area contributed by atoms with Crippen LogP contribution in [0.15, 0.2) is 48.7 Å². The van der Waals surface area contributed by atoms with Crippen LogP contribution in [0.4, 0.5) is 0 Å². The van der Waals surface area contributed by atoms with Crippen LogP contribution in [0.1, 0.15) is 0 Å². The first-order chi connectivity index (χ1) is 7.84. The molecule has 3 rings (SSSR count). The summed E-state index contributed by atoms with van der Waals surface area (Å²) in [4.78, 5) is 4.63. The van der Waals surface area contributed by atoms with Crippen molar-refractivity contribution in [3.05, 3.63) is 54.7 Å². The third-order valence-electron chi connectivity index (χ3n) is 2.72. The molecule has 0 spiro atoms. The first-order valence-electron chi connectivity index (χ1n) is 5.24. The molecule has 0 bridgehead atoms. The van der Waals surface area contributed by atoms with Gasteiger partial charge in [-0.05, 0) is 30.3 Å². The van der Waals surface area contributed by atoms with Crippen molar-refractivity contribution in [2.24, 2.45) is 7.05 Å². The standard InChI is InChI=1S/C14H11N2/c1-16-10-4-7-14(16)13-9-8-11-5-2-3-6-12(11)15-13/h2-7,9-10H,1H3. The average Bonchev–Trinajstić information content (AvgIpc) is 2.75. The van der Waals surface area contributed by atoms with Crippen LogP contribution >= 0.6 is 0 Å². The number of nitrogens with zero attached hydrogens (tertiary/aromatic N) is 2. The van der Waals surface area contributed by atoms with Gasteiger partial charge in [0, 0.05) is 18.6 Å². The van der Waals surface area contributed by atoms with Crippen LogP contribution in [-0.2, 0) is 7.05 Å². The van der Waals surface area contributed by atoms with E-state index in [2.05, 4.69) is 21.7 Å². The zero-order valence-corrected chi connectivity index (χ0v) is 9.01.